The third kappa shape index (κ3) is 3.00. The van der Waals surface area contributed by atoms with E-state index in [0.29, 0.717) is 39.3 Å². The molecule has 1 amide bonds. The predicted octanol–water partition coefficient (Wildman–Crippen LogP) is 2.56. The van der Waals surface area contributed by atoms with Crippen molar-refractivity contribution in [2.75, 3.05) is 32.8 Å². The molecule has 1 spiro atoms. The summed E-state index contributed by atoms with van der Waals surface area (Å²) in [6.45, 7) is 6.01. The number of alkyl halides is 2. The first-order valence-corrected chi connectivity index (χ1v) is 9.81. The van der Waals surface area contributed by atoms with E-state index >= 15 is 0 Å². The van der Waals surface area contributed by atoms with E-state index in [0.717, 1.165) is 5.56 Å². The topological polar surface area (TPSA) is 49.9 Å². The van der Waals surface area contributed by atoms with Crippen LogP contribution in [0.1, 0.15) is 25.8 Å². The smallest absolute Gasteiger partial charge is 0.310 e. The predicted molar refractivity (Wildman–Crippen MR) is 98.5 cm³/mol. The van der Waals surface area contributed by atoms with E-state index in [9.17, 15) is 18.4 Å². The zero-order valence-electron chi connectivity index (χ0n) is 16.3. The zero-order valence-corrected chi connectivity index (χ0v) is 16.3. The number of hydrogen-bond acceptors (Lipinski definition) is 4. The molecule has 152 valence electrons. The molecule has 2 aliphatic heterocycles. The molecule has 1 aliphatic carbocycles. The molecule has 1 aromatic carbocycles. The number of likely N-dealkylation sites (tertiary alicyclic amines) is 2. The zero-order chi connectivity index (χ0) is 20.2. The highest BCUT2D eigenvalue weighted by Crippen LogP contribution is 2.62. The number of rotatable bonds is 5. The molecule has 0 bridgehead atoms. The molecule has 3 fully saturated rings. The van der Waals surface area contributed by atoms with Gasteiger partial charge in [-0.2, -0.15) is 0 Å². The van der Waals surface area contributed by atoms with Gasteiger partial charge in [0, 0.05) is 44.6 Å². The SMILES string of the molecule is CCOC(=O)C1CN(Cc2ccccc2)CC12CN(C(=O)C1(C)CC1(F)F)C2. The Morgan fingerprint density at radius 1 is 1.18 bits per heavy atom. The molecule has 0 N–H and O–H groups in total. The van der Waals surface area contributed by atoms with Crippen LogP contribution in [0.4, 0.5) is 8.78 Å². The third-order valence-electron chi connectivity index (χ3n) is 6.57. The Bertz CT molecular complexity index is 779. The number of hydrogen-bond donors (Lipinski definition) is 0. The summed E-state index contributed by atoms with van der Waals surface area (Å²) in [5.74, 6) is -4.00. The Hall–Kier alpha value is -2.02. The number of carbonyl (C=O) groups excluding carboxylic acids is 2. The van der Waals surface area contributed by atoms with Gasteiger partial charge in [-0.25, -0.2) is 8.78 Å². The van der Waals surface area contributed by atoms with Crippen molar-refractivity contribution in [2.24, 2.45) is 16.7 Å². The number of amides is 1. The molecular weight excluding hydrogens is 366 g/mol. The minimum Gasteiger partial charge on any atom is -0.466 e. The molecule has 7 heteroatoms. The van der Waals surface area contributed by atoms with Crippen molar-refractivity contribution in [3.05, 3.63) is 35.9 Å². The molecule has 3 aliphatic rings. The fourth-order valence-electron chi connectivity index (χ4n) is 4.76. The molecule has 0 radical (unpaired) electrons. The number of ether oxygens (including phenoxy) is 1. The molecule has 2 heterocycles. The van der Waals surface area contributed by atoms with Gasteiger partial charge in [-0.3, -0.25) is 14.5 Å². The summed E-state index contributed by atoms with van der Waals surface area (Å²) in [5, 5.41) is 0. The number of nitrogens with zero attached hydrogens (tertiary/aromatic N) is 2. The molecule has 0 aromatic heterocycles. The highest BCUT2D eigenvalue weighted by molar-refractivity contribution is 5.88. The van der Waals surface area contributed by atoms with Gasteiger partial charge in [0.15, 0.2) is 0 Å². The summed E-state index contributed by atoms with van der Waals surface area (Å²) >= 11 is 0. The normalized spacial score (nSPS) is 30.1. The third-order valence-corrected chi connectivity index (χ3v) is 6.57. The van der Waals surface area contributed by atoms with Crippen molar-refractivity contribution in [1.82, 2.24) is 9.80 Å². The number of benzene rings is 1. The van der Waals surface area contributed by atoms with Crippen LogP contribution in [0, 0.1) is 16.7 Å². The lowest BCUT2D eigenvalue weighted by atomic mass is 9.71. The maximum Gasteiger partial charge on any atom is 0.310 e. The minimum atomic E-state index is -2.91. The lowest BCUT2D eigenvalue weighted by Gasteiger charge is -2.51. The summed E-state index contributed by atoms with van der Waals surface area (Å²) in [4.78, 5) is 28.8. The van der Waals surface area contributed by atoms with Gasteiger partial charge in [0.25, 0.3) is 5.92 Å². The Morgan fingerprint density at radius 3 is 2.39 bits per heavy atom. The van der Waals surface area contributed by atoms with Crippen molar-refractivity contribution in [3.63, 3.8) is 0 Å². The highest BCUT2D eigenvalue weighted by atomic mass is 19.3. The molecule has 5 nitrogen and oxygen atoms in total. The molecule has 2 atom stereocenters. The van der Waals surface area contributed by atoms with Crippen molar-refractivity contribution < 1.29 is 23.1 Å². The first kappa shape index (κ1) is 19.3. The van der Waals surface area contributed by atoms with Gasteiger partial charge in [-0.1, -0.05) is 30.3 Å². The van der Waals surface area contributed by atoms with Gasteiger partial charge in [0.05, 0.1) is 12.5 Å². The first-order chi connectivity index (χ1) is 13.2. The molecular formula is C21H26F2N2O3. The van der Waals surface area contributed by atoms with Crippen LogP contribution in [0.5, 0.6) is 0 Å². The maximum absolute atomic E-state index is 13.6. The number of carbonyl (C=O) groups is 2. The summed E-state index contributed by atoms with van der Waals surface area (Å²) in [6.07, 6.45) is -0.385. The maximum atomic E-state index is 13.6. The molecule has 1 aromatic rings. The van der Waals surface area contributed by atoms with Crippen molar-refractivity contribution in [1.29, 1.82) is 0 Å². The lowest BCUT2D eigenvalue weighted by Crippen LogP contribution is -2.64. The quantitative estimate of drug-likeness (QED) is 0.723. The van der Waals surface area contributed by atoms with Crippen LogP contribution in [0.25, 0.3) is 0 Å². The Labute approximate surface area is 163 Å². The van der Waals surface area contributed by atoms with Crippen LogP contribution >= 0.6 is 0 Å². The first-order valence-electron chi connectivity index (χ1n) is 9.81. The van der Waals surface area contributed by atoms with E-state index in [1.165, 1.54) is 11.8 Å². The number of halogens is 2. The van der Waals surface area contributed by atoms with Gasteiger partial charge in [-0.05, 0) is 19.4 Å². The van der Waals surface area contributed by atoms with E-state index in [1.807, 2.05) is 30.3 Å². The molecule has 28 heavy (non-hydrogen) atoms. The lowest BCUT2D eigenvalue weighted by molar-refractivity contribution is -0.165. The summed E-state index contributed by atoms with van der Waals surface area (Å²) in [5.41, 5.74) is -0.826. The Balaban J connectivity index is 1.47. The van der Waals surface area contributed by atoms with Gasteiger partial charge in [-0.15, -0.1) is 0 Å². The van der Waals surface area contributed by atoms with Gasteiger partial charge in [0.2, 0.25) is 5.91 Å². The minimum absolute atomic E-state index is 0.256. The van der Waals surface area contributed by atoms with Crippen LogP contribution in [-0.2, 0) is 20.9 Å². The standard InChI is InChI=1S/C21H26F2N2O3/c1-3-28-17(26)16-10-24(9-15-7-5-4-6-8-15)12-20(16)13-25(14-20)18(27)19(2)11-21(19,22)23/h4-8,16H,3,9-14H2,1-2H3. The monoisotopic (exact) mass is 392 g/mol. The van der Waals surface area contributed by atoms with Crippen molar-refractivity contribution in [2.45, 2.75) is 32.7 Å². The number of esters is 1. The van der Waals surface area contributed by atoms with Crippen LogP contribution < -0.4 is 0 Å². The van der Waals surface area contributed by atoms with Gasteiger partial charge < -0.3 is 9.64 Å². The molecule has 2 unspecified atom stereocenters. The Kier molecular flexibility index (Phi) is 4.49. The summed E-state index contributed by atoms with van der Waals surface area (Å²) in [7, 11) is 0. The second-order valence-corrected chi connectivity index (χ2v) is 8.70. The second-order valence-electron chi connectivity index (χ2n) is 8.70. The van der Waals surface area contributed by atoms with Crippen LogP contribution in [-0.4, -0.2) is 60.4 Å². The molecule has 4 rings (SSSR count). The van der Waals surface area contributed by atoms with E-state index in [2.05, 4.69) is 4.90 Å². The van der Waals surface area contributed by atoms with Crippen molar-refractivity contribution >= 4 is 11.9 Å². The fraction of sp³-hybridized carbons (Fsp3) is 0.619. The van der Waals surface area contributed by atoms with Gasteiger partial charge >= 0.3 is 5.97 Å². The highest BCUT2D eigenvalue weighted by Gasteiger charge is 2.74. The fourth-order valence-corrected chi connectivity index (χ4v) is 4.76. The summed E-state index contributed by atoms with van der Waals surface area (Å²) in [6, 6.07) is 9.99. The van der Waals surface area contributed by atoms with Crippen LogP contribution in [0.2, 0.25) is 0 Å². The average molecular weight is 392 g/mol. The van der Waals surface area contributed by atoms with E-state index in [-0.39, 0.29) is 18.3 Å². The largest absolute Gasteiger partial charge is 0.466 e. The average Bonchev–Trinajstić information content (AvgIpc) is 2.97. The second kappa shape index (κ2) is 6.51. The van der Waals surface area contributed by atoms with E-state index in [1.54, 1.807) is 6.92 Å². The van der Waals surface area contributed by atoms with Crippen molar-refractivity contribution in [3.8, 4) is 0 Å². The Morgan fingerprint density at radius 2 is 1.82 bits per heavy atom. The summed E-state index contributed by atoms with van der Waals surface area (Å²) < 4.78 is 32.5. The molecule has 2 saturated heterocycles. The van der Waals surface area contributed by atoms with E-state index in [4.69, 9.17) is 4.74 Å². The van der Waals surface area contributed by atoms with Crippen LogP contribution in [0.3, 0.4) is 0 Å². The van der Waals surface area contributed by atoms with E-state index < -0.39 is 22.7 Å². The van der Waals surface area contributed by atoms with Gasteiger partial charge in [0.1, 0.15) is 5.41 Å². The molecule has 1 saturated carbocycles. The van der Waals surface area contributed by atoms with Crippen LogP contribution in [0.15, 0.2) is 30.3 Å².